The van der Waals surface area contributed by atoms with Crippen molar-refractivity contribution in [2.75, 3.05) is 26.2 Å². The molecule has 1 amide bonds. The van der Waals surface area contributed by atoms with E-state index in [0.29, 0.717) is 51.1 Å². The summed E-state index contributed by atoms with van der Waals surface area (Å²) in [5.41, 5.74) is 5.58. The second-order valence-electron chi connectivity index (χ2n) is 8.90. The molecule has 2 saturated heterocycles. The molecule has 0 radical (unpaired) electrons. The minimum Gasteiger partial charge on any atom is -0.480 e. The summed E-state index contributed by atoms with van der Waals surface area (Å²) in [6.45, 7) is 3.02. The van der Waals surface area contributed by atoms with Gasteiger partial charge in [0.1, 0.15) is 12.1 Å². The number of nitrogens with two attached hydrogens (primary N) is 1. The van der Waals surface area contributed by atoms with Crippen LogP contribution >= 0.6 is 0 Å². The van der Waals surface area contributed by atoms with Gasteiger partial charge >= 0.3 is 11.9 Å². The van der Waals surface area contributed by atoms with Crippen LogP contribution in [-0.2, 0) is 14.4 Å². The topological polar surface area (TPSA) is 145 Å². The number of unbranched alkanes of at least 4 members (excludes halogenated alkanes) is 2. The monoisotopic (exact) mass is 440 g/mol. The smallest absolute Gasteiger partial charge is 0.326 e. The molecular formula is C22H40N4O5. The van der Waals surface area contributed by atoms with E-state index in [1.54, 1.807) is 0 Å². The maximum atomic E-state index is 13.1. The largest absolute Gasteiger partial charge is 0.480 e. The van der Waals surface area contributed by atoms with Gasteiger partial charge in [-0.3, -0.25) is 14.9 Å². The van der Waals surface area contributed by atoms with E-state index in [0.717, 1.165) is 38.8 Å². The first-order valence-electron chi connectivity index (χ1n) is 11.9. The van der Waals surface area contributed by atoms with Crippen LogP contribution in [0.15, 0.2) is 0 Å². The second kappa shape index (κ2) is 13.6. The van der Waals surface area contributed by atoms with Crippen molar-refractivity contribution in [2.24, 2.45) is 11.7 Å². The molecule has 0 saturated carbocycles. The predicted octanol–water partition coefficient (Wildman–Crippen LogP) is 1.16. The van der Waals surface area contributed by atoms with Gasteiger partial charge in [0, 0.05) is 6.54 Å². The number of nitrogens with one attached hydrogen (secondary N) is 2. The summed E-state index contributed by atoms with van der Waals surface area (Å²) in [4.78, 5) is 37.9. The van der Waals surface area contributed by atoms with Gasteiger partial charge in [-0.15, -0.1) is 0 Å². The van der Waals surface area contributed by atoms with Crippen LogP contribution in [0.25, 0.3) is 0 Å². The van der Waals surface area contributed by atoms with Crippen molar-refractivity contribution in [1.82, 2.24) is 15.5 Å². The van der Waals surface area contributed by atoms with Crippen molar-refractivity contribution in [3.05, 3.63) is 0 Å². The lowest BCUT2D eigenvalue weighted by atomic mass is 9.91. The third-order valence-electron chi connectivity index (χ3n) is 6.58. The number of hydrogen-bond donors (Lipinski definition) is 5. The van der Waals surface area contributed by atoms with Crippen molar-refractivity contribution in [1.29, 1.82) is 0 Å². The lowest BCUT2D eigenvalue weighted by molar-refractivity contribution is -0.149. The number of amides is 1. The number of likely N-dealkylation sites (tertiary alicyclic amines) is 1. The fourth-order valence-corrected chi connectivity index (χ4v) is 4.73. The SMILES string of the molecule is NCCCC[C@H](NC(CCCCC1CCNCC1)C(=O)O)C(=O)N1CCC[C@H]1C(=O)O. The molecule has 2 aliphatic heterocycles. The summed E-state index contributed by atoms with van der Waals surface area (Å²) in [5.74, 6) is -1.55. The minimum atomic E-state index is -1.00. The van der Waals surface area contributed by atoms with Gasteiger partial charge in [-0.05, 0) is 70.5 Å². The molecule has 2 aliphatic rings. The Hall–Kier alpha value is -1.71. The summed E-state index contributed by atoms with van der Waals surface area (Å²) < 4.78 is 0. The third kappa shape index (κ3) is 8.38. The van der Waals surface area contributed by atoms with Crippen LogP contribution in [0.3, 0.4) is 0 Å². The first kappa shape index (κ1) is 25.5. The van der Waals surface area contributed by atoms with Crippen LogP contribution in [0.1, 0.15) is 70.6 Å². The van der Waals surface area contributed by atoms with Crippen molar-refractivity contribution >= 4 is 17.8 Å². The maximum Gasteiger partial charge on any atom is 0.326 e. The Balaban J connectivity index is 1.92. The molecule has 3 atom stereocenters. The molecule has 0 aliphatic carbocycles. The fraction of sp³-hybridized carbons (Fsp3) is 0.864. The highest BCUT2D eigenvalue weighted by atomic mass is 16.4. The van der Waals surface area contributed by atoms with Crippen LogP contribution in [0, 0.1) is 5.92 Å². The van der Waals surface area contributed by atoms with Crippen molar-refractivity contribution < 1.29 is 24.6 Å². The average molecular weight is 441 g/mol. The summed E-state index contributed by atoms with van der Waals surface area (Å²) in [6, 6.07) is -2.33. The van der Waals surface area contributed by atoms with E-state index < -0.39 is 30.1 Å². The number of carbonyl (C=O) groups is 3. The number of piperidine rings is 1. The molecule has 0 aromatic rings. The minimum absolute atomic E-state index is 0.303. The Morgan fingerprint density at radius 3 is 2.32 bits per heavy atom. The number of carboxylic acids is 2. The van der Waals surface area contributed by atoms with Gasteiger partial charge in [0.15, 0.2) is 0 Å². The molecule has 2 heterocycles. The Kier molecular flexibility index (Phi) is 11.2. The molecule has 0 spiro atoms. The zero-order valence-electron chi connectivity index (χ0n) is 18.6. The van der Waals surface area contributed by atoms with Gasteiger partial charge in [0.2, 0.25) is 5.91 Å². The third-order valence-corrected chi connectivity index (χ3v) is 6.58. The van der Waals surface area contributed by atoms with Crippen LogP contribution in [-0.4, -0.2) is 77.3 Å². The van der Waals surface area contributed by atoms with Gasteiger partial charge in [0.05, 0.1) is 6.04 Å². The average Bonchev–Trinajstić information content (AvgIpc) is 3.25. The van der Waals surface area contributed by atoms with Crippen LogP contribution in [0.2, 0.25) is 0 Å². The Labute approximate surface area is 185 Å². The van der Waals surface area contributed by atoms with Gasteiger partial charge in [0.25, 0.3) is 0 Å². The van der Waals surface area contributed by atoms with Crippen LogP contribution < -0.4 is 16.4 Å². The quantitative estimate of drug-likeness (QED) is 0.253. The van der Waals surface area contributed by atoms with Gasteiger partial charge < -0.3 is 26.2 Å². The van der Waals surface area contributed by atoms with E-state index in [1.165, 1.54) is 17.7 Å². The molecule has 1 unspecified atom stereocenters. The first-order valence-corrected chi connectivity index (χ1v) is 11.9. The van der Waals surface area contributed by atoms with Gasteiger partial charge in [-0.2, -0.15) is 0 Å². The zero-order chi connectivity index (χ0) is 22.6. The molecule has 31 heavy (non-hydrogen) atoms. The highest BCUT2D eigenvalue weighted by Crippen LogP contribution is 2.22. The molecule has 2 fully saturated rings. The van der Waals surface area contributed by atoms with Crippen molar-refractivity contribution in [2.45, 2.75) is 88.8 Å². The number of carboxylic acid groups (broad SMARTS) is 2. The highest BCUT2D eigenvalue weighted by Gasteiger charge is 2.38. The maximum absolute atomic E-state index is 13.1. The van der Waals surface area contributed by atoms with E-state index in [1.807, 2.05) is 0 Å². The summed E-state index contributed by atoms with van der Waals surface area (Å²) >= 11 is 0. The van der Waals surface area contributed by atoms with Crippen molar-refractivity contribution in [3.8, 4) is 0 Å². The molecule has 0 aromatic heterocycles. The number of hydrogen-bond acceptors (Lipinski definition) is 6. The highest BCUT2D eigenvalue weighted by molar-refractivity contribution is 5.88. The Morgan fingerprint density at radius 2 is 1.68 bits per heavy atom. The number of aliphatic carboxylic acids is 2. The molecule has 9 nitrogen and oxygen atoms in total. The summed E-state index contributed by atoms with van der Waals surface area (Å²) in [7, 11) is 0. The van der Waals surface area contributed by atoms with E-state index in [-0.39, 0.29) is 5.91 Å². The second-order valence-corrected chi connectivity index (χ2v) is 8.90. The summed E-state index contributed by atoms with van der Waals surface area (Å²) in [5, 5.41) is 25.5. The molecule has 178 valence electrons. The Morgan fingerprint density at radius 1 is 1.00 bits per heavy atom. The van der Waals surface area contributed by atoms with E-state index in [9.17, 15) is 24.6 Å². The molecule has 0 bridgehead atoms. The molecule has 2 rings (SSSR count). The number of nitrogens with zero attached hydrogens (tertiary/aromatic N) is 1. The molecular weight excluding hydrogens is 400 g/mol. The first-order chi connectivity index (χ1) is 14.9. The van der Waals surface area contributed by atoms with Gasteiger partial charge in [-0.25, -0.2) is 4.79 Å². The zero-order valence-corrected chi connectivity index (χ0v) is 18.6. The lowest BCUT2D eigenvalue weighted by Crippen LogP contribution is -2.54. The van der Waals surface area contributed by atoms with Crippen LogP contribution in [0.4, 0.5) is 0 Å². The van der Waals surface area contributed by atoms with Crippen LogP contribution in [0.5, 0.6) is 0 Å². The van der Waals surface area contributed by atoms with Crippen molar-refractivity contribution in [3.63, 3.8) is 0 Å². The van der Waals surface area contributed by atoms with Gasteiger partial charge in [-0.1, -0.05) is 25.7 Å². The number of carbonyl (C=O) groups excluding carboxylic acids is 1. The molecule has 0 aromatic carbocycles. The predicted molar refractivity (Wildman–Crippen MR) is 118 cm³/mol. The molecule has 9 heteroatoms. The fourth-order valence-electron chi connectivity index (χ4n) is 4.73. The Bertz CT molecular complexity index is 582. The van der Waals surface area contributed by atoms with E-state index >= 15 is 0 Å². The number of rotatable bonds is 14. The standard InChI is InChI=1S/C22H40N4O5/c23-12-4-3-7-17(20(27)26-15-5-9-19(26)22(30)31)25-18(21(28)29)8-2-1-6-16-10-13-24-14-11-16/h16-19,24-25H,1-15,23H2,(H,28,29)(H,30,31)/t17-,18?,19-/m0/s1. The van der Waals surface area contributed by atoms with E-state index in [4.69, 9.17) is 5.73 Å². The lowest BCUT2D eigenvalue weighted by Gasteiger charge is -2.29. The normalized spacial score (nSPS) is 21.7. The van der Waals surface area contributed by atoms with E-state index in [2.05, 4.69) is 10.6 Å². The molecule has 6 N–H and O–H groups in total. The summed E-state index contributed by atoms with van der Waals surface area (Å²) in [6.07, 6.45) is 8.68.